The van der Waals surface area contributed by atoms with Gasteiger partial charge in [0.1, 0.15) is 0 Å². The number of fused-ring (bicyclic) bond motifs is 11. The van der Waals surface area contributed by atoms with Crippen molar-refractivity contribution in [1.29, 1.82) is 0 Å². The van der Waals surface area contributed by atoms with E-state index in [1.54, 1.807) is 11.1 Å². The van der Waals surface area contributed by atoms with Crippen molar-refractivity contribution >= 4 is 64.1 Å². The van der Waals surface area contributed by atoms with Gasteiger partial charge >= 0.3 is 0 Å². The van der Waals surface area contributed by atoms with E-state index in [1.807, 2.05) is 11.3 Å². The highest BCUT2D eigenvalue weighted by Gasteiger charge is 2.61. The van der Waals surface area contributed by atoms with E-state index >= 15 is 0 Å². The molecule has 14 rings (SSSR count). The third-order valence-corrected chi connectivity index (χ3v) is 15.4. The molecule has 1 spiro atoms. The van der Waals surface area contributed by atoms with E-state index in [1.165, 1.54) is 113 Å². The average Bonchev–Trinajstić information content (AvgIpc) is 3.83. The monoisotopic (exact) mass is 683 g/mol. The maximum atomic E-state index is 2.61. The molecule has 1 nitrogen and oxygen atoms in total. The van der Waals surface area contributed by atoms with Crippen LogP contribution in [0.4, 0.5) is 0 Å². The van der Waals surface area contributed by atoms with Crippen molar-refractivity contribution < 1.29 is 0 Å². The Morgan fingerprint density at radius 3 is 2.12 bits per heavy atom. The molecule has 4 fully saturated rings. The molecule has 9 aromatic rings. The molecule has 0 saturated heterocycles. The molecule has 248 valence electrons. The normalized spacial score (nSPS) is 24.2. The zero-order valence-corrected chi connectivity index (χ0v) is 29.8. The molecular formula is C50H37NS. The van der Waals surface area contributed by atoms with Crippen molar-refractivity contribution in [3.05, 3.63) is 151 Å². The Morgan fingerprint density at radius 2 is 1.23 bits per heavy atom. The highest BCUT2D eigenvalue weighted by Crippen LogP contribution is 2.70. The molecule has 52 heavy (non-hydrogen) atoms. The highest BCUT2D eigenvalue weighted by molar-refractivity contribution is 7.26. The Kier molecular flexibility index (Phi) is 5.48. The fraction of sp³-hybridized carbons (Fsp3) is 0.200. The number of para-hydroxylation sites is 1. The van der Waals surface area contributed by atoms with E-state index < -0.39 is 0 Å². The topological polar surface area (TPSA) is 4.93 Å². The van der Waals surface area contributed by atoms with Crippen molar-refractivity contribution in [2.75, 3.05) is 0 Å². The minimum atomic E-state index is 0.159. The smallest absolute Gasteiger partial charge is 0.0622 e. The summed E-state index contributed by atoms with van der Waals surface area (Å²) in [5.74, 6) is 3.40. The van der Waals surface area contributed by atoms with Crippen LogP contribution in [0.1, 0.15) is 43.2 Å². The molecule has 0 radical (unpaired) electrons. The lowest BCUT2D eigenvalue weighted by atomic mass is 9.43. The summed E-state index contributed by atoms with van der Waals surface area (Å²) in [5.41, 5.74) is 12.9. The van der Waals surface area contributed by atoms with E-state index in [4.69, 9.17) is 0 Å². The quantitative estimate of drug-likeness (QED) is 0.171. The van der Waals surface area contributed by atoms with Crippen LogP contribution in [0.3, 0.4) is 0 Å². The molecule has 7 aromatic carbocycles. The summed E-state index contributed by atoms with van der Waals surface area (Å²) in [5, 5.41) is 7.98. The number of thiophene rings is 1. The van der Waals surface area contributed by atoms with Crippen molar-refractivity contribution in [2.45, 2.75) is 37.5 Å². The lowest BCUT2D eigenvalue weighted by molar-refractivity contribution is -0.0399. The summed E-state index contributed by atoms with van der Waals surface area (Å²) in [7, 11) is 0. The first-order chi connectivity index (χ1) is 25.7. The lowest BCUT2D eigenvalue weighted by Crippen LogP contribution is -2.55. The zero-order chi connectivity index (χ0) is 33.7. The second-order valence-corrected chi connectivity index (χ2v) is 17.5. The Hall–Kier alpha value is -5.18. The summed E-state index contributed by atoms with van der Waals surface area (Å²) in [4.78, 5) is 0. The number of rotatable bonds is 2. The molecule has 2 heteroatoms. The molecule has 0 amide bonds. The van der Waals surface area contributed by atoms with Gasteiger partial charge < -0.3 is 4.57 Å². The van der Waals surface area contributed by atoms with E-state index in [9.17, 15) is 0 Å². The second kappa shape index (κ2) is 10.0. The minimum Gasteiger partial charge on any atom is -0.309 e. The molecular weight excluding hydrogens is 647 g/mol. The van der Waals surface area contributed by atoms with Gasteiger partial charge in [-0.1, -0.05) is 109 Å². The predicted molar refractivity (Wildman–Crippen MR) is 220 cm³/mol. The third-order valence-electron chi connectivity index (χ3n) is 14.1. The first-order valence-corrected chi connectivity index (χ1v) is 20.2. The molecule has 0 aliphatic heterocycles. The fourth-order valence-corrected chi connectivity index (χ4v) is 13.7. The second-order valence-electron chi connectivity index (χ2n) is 16.5. The van der Waals surface area contributed by atoms with Gasteiger partial charge in [0.05, 0.1) is 11.0 Å². The average molecular weight is 684 g/mol. The Bertz CT molecular complexity index is 2960. The fourth-order valence-electron chi connectivity index (χ4n) is 12.5. The van der Waals surface area contributed by atoms with Crippen molar-refractivity contribution in [1.82, 2.24) is 4.57 Å². The van der Waals surface area contributed by atoms with Gasteiger partial charge in [-0.25, -0.2) is 0 Å². The van der Waals surface area contributed by atoms with Gasteiger partial charge in [-0.3, -0.25) is 0 Å². The van der Waals surface area contributed by atoms with Crippen LogP contribution in [0.2, 0.25) is 0 Å². The summed E-state index contributed by atoms with van der Waals surface area (Å²) >= 11 is 1.91. The van der Waals surface area contributed by atoms with Gasteiger partial charge in [-0.15, -0.1) is 11.3 Å². The van der Waals surface area contributed by atoms with Gasteiger partial charge in [0.2, 0.25) is 0 Å². The van der Waals surface area contributed by atoms with Crippen molar-refractivity contribution in [3.8, 4) is 27.9 Å². The number of hydrogen-bond donors (Lipinski definition) is 0. The van der Waals surface area contributed by atoms with Crippen LogP contribution in [0.25, 0.3) is 80.7 Å². The van der Waals surface area contributed by atoms with Crippen LogP contribution in [-0.2, 0) is 5.41 Å². The molecule has 2 aromatic heterocycles. The molecule has 2 heterocycles. The van der Waals surface area contributed by atoms with Gasteiger partial charge in [0.15, 0.2) is 0 Å². The van der Waals surface area contributed by atoms with Gasteiger partial charge in [-0.2, -0.15) is 0 Å². The Labute approximate surface area is 307 Å². The summed E-state index contributed by atoms with van der Waals surface area (Å²) < 4.78 is 5.33. The number of hydrogen-bond acceptors (Lipinski definition) is 1. The Morgan fingerprint density at radius 1 is 0.519 bits per heavy atom. The first-order valence-electron chi connectivity index (χ1n) is 19.4. The maximum absolute atomic E-state index is 2.61. The van der Waals surface area contributed by atoms with Gasteiger partial charge in [0, 0.05) is 47.6 Å². The summed E-state index contributed by atoms with van der Waals surface area (Å²) in [6.07, 6.45) is 7.12. The molecule has 0 unspecified atom stereocenters. The molecule has 5 aliphatic rings. The van der Waals surface area contributed by atoms with Crippen LogP contribution in [0.5, 0.6) is 0 Å². The molecule has 4 saturated carbocycles. The van der Waals surface area contributed by atoms with Crippen LogP contribution in [-0.4, -0.2) is 4.57 Å². The number of aromatic nitrogens is 1. The SMILES string of the molecule is c1ccc2c(c1)-c1c(ccc3c4ccccc4n(-c4ccc5cc(-c6cccc7c6sc6ccccc67)ccc5c4)c13)C21C2CC3CC(C2)CC1C3. The Balaban J connectivity index is 1.03. The molecule has 0 N–H and O–H groups in total. The summed E-state index contributed by atoms with van der Waals surface area (Å²) in [6.45, 7) is 0. The maximum Gasteiger partial charge on any atom is 0.0622 e. The van der Waals surface area contributed by atoms with E-state index in [0.717, 1.165) is 23.7 Å². The molecule has 0 atom stereocenters. The van der Waals surface area contributed by atoms with E-state index in [2.05, 4.69) is 144 Å². The van der Waals surface area contributed by atoms with E-state index in [0.29, 0.717) is 0 Å². The largest absolute Gasteiger partial charge is 0.309 e. The lowest BCUT2D eigenvalue weighted by Gasteiger charge is -2.61. The van der Waals surface area contributed by atoms with Crippen molar-refractivity contribution in [3.63, 3.8) is 0 Å². The van der Waals surface area contributed by atoms with E-state index in [-0.39, 0.29) is 5.41 Å². The van der Waals surface area contributed by atoms with Gasteiger partial charge in [0.25, 0.3) is 0 Å². The zero-order valence-electron chi connectivity index (χ0n) is 29.0. The minimum absolute atomic E-state index is 0.159. The third kappa shape index (κ3) is 3.50. The predicted octanol–water partition coefficient (Wildman–Crippen LogP) is 13.7. The summed E-state index contributed by atoms with van der Waals surface area (Å²) in [6, 6.07) is 53.6. The molecule has 5 aliphatic carbocycles. The van der Waals surface area contributed by atoms with Crippen LogP contribution >= 0.6 is 11.3 Å². The van der Waals surface area contributed by atoms with Gasteiger partial charge in [-0.05, 0) is 125 Å². The van der Waals surface area contributed by atoms with Crippen LogP contribution < -0.4 is 0 Å². The standard InChI is InChI=1S/C50H37NS/c1-4-13-43-42(10-1)47-44(50(43)34-23-29-22-30(25-34)26-35(50)24-29)21-20-40-38-8-2-5-14-45(38)51(48(40)47)36-19-18-31-27-33(17-16-32(31)28-36)37-11-7-12-41-39-9-3-6-15-46(39)52-49(37)41/h1-21,27-30,34-35H,22-26H2. The number of nitrogens with zero attached hydrogens (tertiary/aromatic N) is 1. The number of benzene rings is 7. The highest BCUT2D eigenvalue weighted by atomic mass is 32.1. The first kappa shape index (κ1) is 28.4. The van der Waals surface area contributed by atoms with Crippen LogP contribution in [0, 0.1) is 23.7 Å². The van der Waals surface area contributed by atoms with Crippen molar-refractivity contribution in [2.24, 2.45) is 23.7 Å². The molecule has 4 bridgehead atoms. The van der Waals surface area contributed by atoms with Crippen LogP contribution in [0.15, 0.2) is 140 Å².